The molecule has 3 aliphatic rings. The Morgan fingerprint density at radius 1 is 1.24 bits per heavy atom. The summed E-state index contributed by atoms with van der Waals surface area (Å²) in [6.07, 6.45) is 2.99. The van der Waals surface area contributed by atoms with Crippen LogP contribution >= 0.6 is 0 Å². The average Bonchev–Trinajstić information content (AvgIpc) is 2.93. The van der Waals surface area contributed by atoms with Gasteiger partial charge in [-0.05, 0) is 50.1 Å². The molecule has 2 saturated carbocycles. The predicted molar refractivity (Wildman–Crippen MR) is 62.7 cm³/mol. The highest BCUT2D eigenvalue weighted by Gasteiger charge is 2.57. The van der Waals surface area contributed by atoms with Gasteiger partial charge in [-0.1, -0.05) is 0 Å². The van der Waals surface area contributed by atoms with E-state index < -0.39 is 0 Å². The molecular formula is C13H17N3O. The molecule has 0 aromatic carbocycles. The van der Waals surface area contributed by atoms with Crippen LogP contribution in [0.25, 0.3) is 0 Å². The van der Waals surface area contributed by atoms with Crippen molar-refractivity contribution in [2.45, 2.75) is 31.9 Å². The first kappa shape index (κ1) is 9.83. The predicted octanol–water partition coefficient (Wildman–Crippen LogP) is 1.16. The van der Waals surface area contributed by atoms with Gasteiger partial charge in [0.15, 0.2) is 0 Å². The molecule has 5 unspecified atom stereocenters. The van der Waals surface area contributed by atoms with Crippen molar-refractivity contribution >= 4 is 0 Å². The molecule has 0 amide bonds. The van der Waals surface area contributed by atoms with Crippen molar-refractivity contribution in [2.24, 2.45) is 17.8 Å². The Morgan fingerprint density at radius 2 is 2.18 bits per heavy atom. The summed E-state index contributed by atoms with van der Waals surface area (Å²) in [6, 6.07) is 4.45. The summed E-state index contributed by atoms with van der Waals surface area (Å²) in [7, 11) is 0. The fourth-order valence-electron chi connectivity index (χ4n) is 4.00. The Labute approximate surface area is 101 Å². The Hall–Kier alpha value is -1.16. The van der Waals surface area contributed by atoms with E-state index in [0.29, 0.717) is 18.0 Å². The zero-order valence-electron chi connectivity index (χ0n) is 9.97. The van der Waals surface area contributed by atoms with Gasteiger partial charge in [-0.2, -0.15) is 5.10 Å². The zero-order valence-corrected chi connectivity index (χ0v) is 9.97. The van der Waals surface area contributed by atoms with Crippen molar-refractivity contribution in [3.8, 4) is 5.88 Å². The third-order valence-electron chi connectivity index (χ3n) is 4.71. The molecule has 1 aliphatic heterocycles. The number of nitrogens with zero attached hydrogens (tertiary/aromatic N) is 2. The molecule has 0 radical (unpaired) electrons. The van der Waals surface area contributed by atoms with Crippen LogP contribution in [-0.2, 0) is 0 Å². The molecule has 90 valence electrons. The fraction of sp³-hybridized carbons (Fsp3) is 0.692. The molecule has 4 rings (SSSR count). The maximum absolute atomic E-state index is 6.06. The zero-order chi connectivity index (χ0) is 11.4. The van der Waals surface area contributed by atoms with Crippen molar-refractivity contribution in [3.63, 3.8) is 0 Å². The van der Waals surface area contributed by atoms with Gasteiger partial charge in [0.1, 0.15) is 6.10 Å². The quantitative estimate of drug-likeness (QED) is 0.829. The third kappa shape index (κ3) is 1.40. The van der Waals surface area contributed by atoms with Crippen LogP contribution in [0.15, 0.2) is 12.1 Å². The summed E-state index contributed by atoms with van der Waals surface area (Å²) in [4.78, 5) is 0. The number of hydrogen-bond donors (Lipinski definition) is 1. The minimum absolute atomic E-state index is 0.316. The molecule has 2 heterocycles. The second-order valence-electron chi connectivity index (χ2n) is 5.68. The molecule has 4 nitrogen and oxygen atoms in total. The largest absolute Gasteiger partial charge is 0.471 e. The van der Waals surface area contributed by atoms with Gasteiger partial charge in [0, 0.05) is 12.1 Å². The van der Waals surface area contributed by atoms with E-state index in [1.807, 2.05) is 19.1 Å². The van der Waals surface area contributed by atoms with Crippen molar-refractivity contribution < 1.29 is 4.74 Å². The molecule has 1 aromatic rings. The number of aryl methyl sites for hydroxylation is 1. The van der Waals surface area contributed by atoms with Gasteiger partial charge in [-0.25, -0.2) is 0 Å². The lowest BCUT2D eigenvalue weighted by atomic mass is 9.88. The van der Waals surface area contributed by atoms with Crippen LogP contribution in [0.5, 0.6) is 5.88 Å². The van der Waals surface area contributed by atoms with E-state index in [9.17, 15) is 0 Å². The maximum atomic E-state index is 6.06. The SMILES string of the molecule is Cc1ccc(OC2C3CC4CNC2C4C3)nn1. The number of ether oxygens (including phenoxy) is 1. The van der Waals surface area contributed by atoms with Gasteiger partial charge in [-0.15, -0.1) is 5.10 Å². The number of fused-ring (bicyclic) bond motifs is 1. The van der Waals surface area contributed by atoms with E-state index in [4.69, 9.17) is 4.74 Å². The van der Waals surface area contributed by atoms with E-state index in [0.717, 1.165) is 23.4 Å². The second kappa shape index (κ2) is 3.42. The lowest BCUT2D eigenvalue weighted by molar-refractivity contribution is 0.108. The van der Waals surface area contributed by atoms with E-state index in [2.05, 4.69) is 15.5 Å². The highest BCUT2D eigenvalue weighted by molar-refractivity contribution is 5.15. The summed E-state index contributed by atoms with van der Waals surface area (Å²) < 4.78 is 6.06. The lowest BCUT2D eigenvalue weighted by Gasteiger charge is -2.27. The third-order valence-corrected chi connectivity index (χ3v) is 4.71. The topological polar surface area (TPSA) is 47.0 Å². The molecule has 1 saturated heterocycles. The van der Waals surface area contributed by atoms with Crippen molar-refractivity contribution in [2.75, 3.05) is 6.54 Å². The first-order valence-corrected chi connectivity index (χ1v) is 6.51. The monoisotopic (exact) mass is 231 g/mol. The minimum atomic E-state index is 0.316. The van der Waals surface area contributed by atoms with Crippen LogP contribution in [0.3, 0.4) is 0 Å². The van der Waals surface area contributed by atoms with Gasteiger partial charge in [0.2, 0.25) is 5.88 Å². The first-order chi connectivity index (χ1) is 8.31. The Bertz CT molecular complexity index is 431. The standard InChI is InChI=1S/C13H17N3O/c1-7-2-3-11(16-15-7)17-13-8-4-9-6-14-12(13)10(9)5-8/h2-3,8-10,12-14H,4-6H2,1H3. The number of hydrogen-bond acceptors (Lipinski definition) is 4. The van der Waals surface area contributed by atoms with Crippen molar-refractivity contribution in [3.05, 3.63) is 17.8 Å². The van der Waals surface area contributed by atoms with Crippen LogP contribution < -0.4 is 10.1 Å². The molecular weight excluding hydrogens is 214 g/mol. The number of nitrogens with one attached hydrogen (secondary N) is 1. The lowest BCUT2D eigenvalue weighted by Crippen LogP contribution is -2.41. The van der Waals surface area contributed by atoms with Gasteiger partial charge >= 0.3 is 0 Å². The average molecular weight is 231 g/mol. The Morgan fingerprint density at radius 3 is 3.00 bits per heavy atom. The van der Waals surface area contributed by atoms with E-state index in [1.54, 1.807) is 0 Å². The van der Waals surface area contributed by atoms with Crippen LogP contribution in [0.2, 0.25) is 0 Å². The van der Waals surface area contributed by atoms with E-state index in [1.165, 1.54) is 19.4 Å². The van der Waals surface area contributed by atoms with Crippen molar-refractivity contribution in [1.82, 2.24) is 15.5 Å². The molecule has 2 bridgehead atoms. The maximum Gasteiger partial charge on any atom is 0.233 e. The highest BCUT2D eigenvalue weighted by Crippen LogP contribution is 2.52. The normalized spacial score (nSPS) is 42.1. The molecule has 1 aromatic heterocycles. The fourth-order valence-corrected chi connectivity index (χ4v) is 4.00. The molecule has 3 fully saturated rings. The van der Waals surface area contributed by atoms with Gasteiger partial charge in [0.25, 0.3) is 0 Å². The molecule has 5 atom stereocenters. The minimum Gasteiger partial charge on any atom is -0.471 e. The second-order valence-corrected chi connectivity index (χ2v) is 5.68. The summed E-state index contributed by atoms with van der Waals surface area (Å²) in [5.74, 6) is 3.17. The molecule has 17 heavy (non-hydrogen) atoms. The van der Waals surface area contributed by atoms with E-state index >= 15 is 0 Å². The van der Waals surface area contributed by atoms with Gasteiger partial charge < -0.3 is 10.1 Å². The van der Waals surface area contributed by atoms with Gasteiger partial charge in [-0.3, -0.25) is 0 Å². The van der Waals surface area contributed by atoms with Crippen LogP contribution in [0, 0.1) is 24.7 Å². The van der Waals surface area contributed by atoms with Crippen LogP contribution in [-0.4, -0.2) is 28.9 Å². The molecule has 1 N–H and O–H groups in total. The van der Waals surface area contributed by atoms with E-state index in [-0.39, 0.29) is 0 Å². The summed E-state index contributed by atoms with van der Waals surface area (Å²) in [5.41, 5.74) is 0.935. The highest BCUT2D eigenvalue weighted by atomic mass is 16.5. The smallest absolute Gasteiger partial charge is 0.233 e. The summed E-state index contributed by atoms with van der Waals surface area (Å²) >= 11 is 0. The van der Waals surface area contributed by atoms with Crippen LogP contribution in [0.1, 0.15) is 18.5 Å². The number of rotatable bonds is 2. The molecule has 2 aliphatic carbocycles. The van der Waals surface area contributed by atoms with Gasteiger partial charge in [0.05, 0.1) is 5.69 Å². The Balaban J connectivity index is 1.55. The van der Waals surface area contributed by atoms with Crippen LogP contribution in [0.4, 0.5) is 0 Å². The number of aromatic nitrogens is 2. The summed E-state index contributed by atoms with van der Waals surface area (Å²) in [6.45, 7) is 3.13. The molecule has 0 spiro atoms. The first-order valence-electron chi connectivity index (χ1n) is 6.51. The Kier molecular flexibility index (Phi) is 1.98. The van der Waals surface area contributed by atoms with Crippen molar-refractivity contribution in [1.29, 1.82) is 0 Å². The summed E-state index contributed by atoms with van der Waals surface area (Å²) in [5, 5.41) is 11.8. The molecule has 4 heteroatoms.